The molecule has 3 aromatic rings. The first-order valence-electron chi connectivity index (χ1n) is 8.31. The summed E-state index contributed by atoms with van der Waals surface area (Å²) in [6, 6.07) is 18.2. The summed E-state index contributed by atoms with van der Waals surface area (Å²) >= 11 is 0. The van der Waals surface area contributed by atoms with E-state index in [4.69, 9.17) is 0 Å². The predicted molar refractivity (Wildman–Crippen MR) is 102 cm³/mol. The molecule has 0 unspecified atom stereocenters. The van der Waals surface area contributed by atoms with Crippen LogP contribution in [0.15, 0.2) is 60.7 Å². The SMILES string of the molecule is CCNc1nc(NCc2ccc([N+](=O)[O-])cc2)cc(-c2ccccc2)n1. The van der Waals surface area contributed by atoms with Crippen LogP contribution >= 0.6 is 0 Å². The van der Waals surface area contributed by atoms with Crippen molar-refractivity contribution >= 4 is 17.5 Å². The van der Waals surface area contributed by atoms with Crippen LogP contribution in [0.25, 0.3) is 11.3 Å². The molecule has 0 radical (unpaired) electrons. The Morgan fingerprint density at radius 1 is 1.00 bits per heavy atom. The molecule has 7 nitrogen and oxygen atoms in total. The maximum atomic E-state index is 10.7. The monoisotopic (exact) mass is 349 g/mol. The summed E-state index contributed by atoms with van der Waals surface area (Å²) < 4.78 is 0. The van der Waals surface area contributed by atoms with E-state index >= 15 is 0 Å². The molecule has 0 aliphatic heterocycles. The van der Waals surface area contributed by atoms with Gasteiger partial charge >= 0.3 is 0 Å². The van der Waals surface area contributed by atoms with Crippen molar-refractivity contribution in [3.05, 3.63) is 76.3 Å². The number of non-ortho nitro benzene ring substituents is 1. The lowest BCUT2D eigenvalue weighted by molar-refractivity contribution is -0.384. The second-order valence-corrected chi connectivity index (χ2v) is 5.64. The van der Waals surface area contributed by atoms with Crippen molar-refractivity contribution in [1.82, 2.24) is 9.97 Å². The Bertz CT molecular complexity index is 882. The number of nitro groups is 1. The van der Waals surface area contributed by atoms with Gasteiger partial charge in [-0.25, -0.2) is 4.98 Å². The lowest BCUT2D eigenvalue weighted by Gasteiger charge is -2.11. The van der Waals surface area contributed by atoms with Gasteiger partial charge in [0.2, 0.25) is 5.95 Å². The number of hydrogen-bond acceptors (Lipinski definition) is 6. The van der Waals surface area contributed by atoms with E-state index < -0.39 is 4.92 Å². The third kappa shape index (κ3) is 4.32. The molecule has 1 aromatic heterocycles. The van der Waals surface area contributed by atoms with Crippen molar-refractivity contribution in [3.63, 3.8) is 0 Å². The first-order valence-corrected chi connectivity index (χ1v) is 8.31. The van der Waals surface area contributed by atoms with E-state index in [0.29, 0.717) is 18.3 Å². The zero-order chi connectivity index (χ0) is 18.4. The molecule has 0 bridgehead atoms. The van der Waals surface area contributed by atoms with E-state index in [9.17, 15) is 10.1 Å². The maximum absolute atomic E-state index is 10.7. The van der Waals surface area contributed by atoms with Gasteiger partial charge in [-0.05, 0) is 12.5 Å². The van der Waals surface area contributed by atoms with Crippen molar-refractivity contribution in [2.45, 2.75) is 13.5 Å². The highest BCUT2D eigenvalue weighted by Crippen LogP contribution is 2.22. The normalized spacial score (nSPS) is 10.3. The van der Waals surface area contributed by atoms with Crippen LogP contribution in [0.2, 0.25) is 0 Å². The highest BCUT2D eigenvalue weighted by Gasteiger charge is 2.07. The van der Waals surface area contributed by atoms with Gasteiger partial charge in [0.25, 0.3) is 5.69 Å². The standard InChI is InChI=1S/C19H19N5O2/c1-2-20-19-22-17(15-6-4-3-5-7-15)12-18(23-19)21-13-14-8-10-16(11-9-14)24(25)26/h3-12H,2,13H2,1H3,(H2,20,21,22,23). The highest BCUT2D eigenvalue weighted by atomic mass is 16.6. The van der Waals surface area contributed by atoms with Gasteiger partial charge in [0.1, 0.15) is 5.82 Å². The van der Waals surface area contributed by atoms with Gasteiger partial charge in [0.15, 0.2) is 0 Å². The average Bonchev–Trinajstić information content (AvgIpc) is 2.67. The largest absolute Gasteiger partial charge is 0.366 e. The molecule has 0 saturated heterocycles. The fourth-order valence-electron chi connectivity index (χ4n) is 2.46. The van der Waals surface area contributed by atoms with E-state index in [1.165, 1.54) is 12.1 Å². The summed E-state index contributed by atoms with van der Waals surface area (Å²) in [6.45, 7) is 3.22. The van der Waals surface area contributed by atoms with E-state index in [-0.39, 0.29) is 5.69 Å². The molecule has 26 heavy (non-hydrogen) atoms. The minimum atomic E-state index is -0.406. The fourth-order valence-corrected chi connectivity index (χ4v) is 2.46. The zero-order valence-electron chi connectivity index (χ0n) is 14.3. The molecular weight excluding hydrogens is 330 g/mol. The molecule has 0 fully saturated rings. The van der Waals surface area contributed by atoms with Gasteiger partial charge in [0.05, 0.1) is 10.6 Å². The summed E-state index contributed by atoms with van der Waals surface area (Å²) in [5, 5.41) is 17.1. The van der Waals surface area contributed by atoms with Crippen molar-refractivity contribution in [2.75, 3.05) is 17.2 Å². The number of nitrogens with zero attached hydrogens (tertiary/aromatic N) is 3. The summed E-state index contributed by atoms with van der Waals surface area (Å²) in [5.41, 5.74) is 2.84. The molecule has 0 atom stereocenters. The van der Waals surface area contributed by atoms with Crippen LogP contribution in [0.5, 0.6) is 0 Å². The number of aromatic nitrogens is 2. The van der Waals surface area contributed by atoms with Crippen molar-refractivity contribution in [2.24, 2.45) is 0 Å². The third-order valence-electron chi connectivity index (χ3n) is 3.75. The Balaban J connectivity index is 1.80. The molecule has 7 heteroatoms. The molecule has 0 aliphatic carbocycles. The van der Waals surface area contributed by atoms with Gasteiger partial charge in [-0.15, -0.1) is 0 Å². The van der Waals surface area contributed by atoms with Crippen LogP contribution in [0.1, 0.15) is 12.5 Å². The van der Waals surface area contributed by atoms with E-state index in [1.807, 2.05) is 43.3 Å². The van der Waals surface area contributed by atoms with E-state index in [1.54, 1.807) is 12.1 Å². The number of nitro benzene ring substituents is 1. The number of hydrogen-bond donors (Lipinski definition) is 2. The average molecular weight is 349 g/mol. The lowest BCUT2D eigenvalue weighted by Crippen LogP contribution is -2.07. The number of rotatable bonds is 7. The van der Waals surface area contributed by atoms with Gasteiger partial charge < -0.3 is 10.6 Å². The van der Waals surface area contributed by atoms with Crippen LogP contribution in [0.3, 0.4) is 0 Å². The van der Waals surface area contributed by atoms with Gasteiger partial charge in [-0.1, -0.05) is 42.5 Å². The van der Waals surface area contributed by atoms with Crippen molar-refractivity contribution in [3.8, 4) is 11.3 Å². The third-order valence-corrected chi connectivity index (χ3v) is 3.75. The molecule has 2 aromatic carbocycles. The summed E-state index contributed by atoms with van der Waals surface area (Å²) in [7, 11) is 0. The van der Waals surface area contributed by atoms with E-state index in [2.05, 4.69) is 20.6 Å². The van der Waals surface area contributed by atoms with Crippen LogP contribution in [-0.2, 0) is 6.54 Å². The van der Waals surface area contributed by atoms with E-state index in [0.717, 1.165) is 23.4 Å². The zero-order valence-corrected chi connectivity index (χ0v) is 14.3. The van der Waals surface area contributed by atoms with Crippen LogP contribution in [0, 0.1) is 10.1 Å². The Kier molecular flexibility index (Phi) is 5.38. The number of anilines is 2. The molecule has 0 spiro atoms. The highest BCUT2D eigenvalue weighted by molar-refractivity contribution is 5.64. The minimum Gasteiger partial charge on any atom is -0.366 e. The molecule has 0 amide bonds. The fraction of sp³-hybridized carbons (Fsp3) is 0.158. The van der Waals surface area contributed by atoms with Crippen LogP contribution in [0.4, 0.5) is 17.5 Å². The topological polar surface area (TPSA) is 93.0 Å². The smallest absolute Gasteiger partial charge is 0.269 e. The first-order chi connectivity index (χ1) is 12.7. The van der Waals surface area contributed by atoms with Crippen molar-refractivity contribution in [1.29, 1.82) is 0 Å². The minimum absolute atomic E-state index is 0.0802. The first kappa shape index (κ1) is 17.3. The second-order valence-electron chi connectivity index (χ2n) is 5.64. The van der Waals surface area contributed by atoms with Gasteiger partial charge in [-0.2, -0.15) is 4.98 Å². The van der Waals surface area contributed by atoms with Crippen LogP contribution in [-0.4, -0.2) is 21.4 Å². The molecular formula is C19H19N5O2. The Hall–Kier alpha value is -3.48. The summed E-state index contributed by atoms with van der Waals surface area (Å²) in [4.78, 5) is 19.3. The number of nitrogens with one attached hydrogen (secondary N) is 2. The molecule has 0 aliphatic rings. The lowest BCUT2D eigenvalue weighted by atomic mass is 10.1. The second kappa shape index (κ2) is 8.06. The van der Waals surface area contributed by atoms with Crippen LogP contribution < -0.4 is 10.6 Å². The molecule has 2 N–H and O–H groups in total. The number of benzene rings is 2. The molecule has 1 heterocycles. The summed E-state index contributed by atoms with van der Waals surface area (Å²) in [5.74, 6) is 1.24. The molecule has 3 rings (SSSR count). The molecule has 0 saturated carbocycles. The maximum Gasteiger partial charge on any atom is 0.269 e. The Morgan fingerprint density at radius 2 is 1.73 bits per heavy atom. The predicted octanol–water partition coefficient (Wildman–Crippen LogP) is 4.10. The Labute approximate surface area is 151 Å². The summed E-state index contributed by atoms with van der Waals surface area (Å²) in [6.07, 6.45) is 0. The Morgan fingerprint density at radius 3 is 2.38 bits per heavy atom. The van der Waals surface area contributed by atoms with Gasteiger partial charge in [-0.3, -0.25) is 10.1 Å². The van der Waals surface area contributed by atoms with Crippen molar-refractivity contribution < 1.29 is 4.92 Å². The quantitative estimate of drug-likeness (QED) is 0.493. The van der Waals surface area contributed by atoms with Gasteiger partial charge in [0, 0.05) is 36.9 Å². The molecule has 132 valence electrons.